The van der Waals surface area contributed by atoms with Crippen molar-refractivity contribution in [3.05, 3.63) is 59.7 Å². The van der Waals surface area contributed by atoms with E-state index in [4.69, 9.17) is 9.47 Å². The molecule has 0 aromatic heterocycles. The molecule has 0 saturated heterocycles. The predicted octanol–water partition coefficient (Wildman–Crippen LogP) is 3.98. The molecule has 0 bridgehead atoms. The zero-order valence-electron chi connectivity index (χ0n) is 15.3. The van der Waals surface area contributed by atoms with E-state index in [0.717, 1.165) is 5.56 Å². The van der Waals surface area contributed by atoms with E-state index in [1.54, 1.807) is 51.6 Å². The lowest BCUT2D eigenvalue weighted by atomic mass is 10.1. The highest BCUT2D eigenvalue weighted by Crippen LogP contribution is 2.26. The van der Waals surface area contributed by atoms with Crippen molar-refractivity contribution in [1.82, 2.24) is 4.90 Å². The number of rotatable bonds is 8. The van der Waals surface area contributed by atoms with Crippen molar-refractivity contribution in [1.29, 1.82) is 0 Å². The quantitative estimate of drug-likeness (QED) is 0.653. The molecule has 27 heavy (non-hydrogen) atoms. The van der Waals surface area contributed by atoms with Gasteiger partial charge < -0.3 is 19.1 Å². The lowest BCUT2D eigenvalue weighted by Gasteiger charge is -2.18. The minimum absolute atomic E-state index is 0.0102. The molecule has 0 atom stereocenters. The Kier molecular flexibility index (Phi) is 7.16. The molecular weight excluding hydrogens is 356 g/mol. The number of alkyl halides is 2. The van der Waals surface area contributed by atoms with Crippen molar-refractivity contribution < 1.29 is 27.8 Å². The van der Waals surface area contributed by atoms with Crippen molar-refractivity contribution in [2.24, 2.45) is 0 Å². The van der Waals surface area contributed by atoms with Crippen molar-refractivity contribution in [2.75, 3.05) is 21.3 Å². The highest BCUT2D eigenvalue weighted by atomic mass is 19.3. The van der Waals surface area contributed by atoms with E-state index in [1.165, 1.54) is 23.1 Å². The fourth-order valence-corrected chi connectivity index (χ4v) is 2.43. The molecule has 2 rings (SSSR count). The first kappa shape index (κ1) is 20.2. The van der Waals surface area contributed by atoms with Gasteiger partial charge in [0.25, 0.3) is 0 Å². The maximum Gasteiger partial charge on any atom is 0.387 e. The molecule has 0 unspecified atom stereocenters. The molecule has 5 nitrogen and oxygen atoms in total. The fraction of sp³-hybridized carbons (Fsp3) is 0.250. The van der Waals surface area contributed by atoms with Crippen LogP contribution in [0.25, 0.3) is 6.08 Å². The van der Waals surface area contributed by atoms with Crippen LogP contribution in [0.2, 0.25) is 0 Å². The summed E-state index contributed by atoms with van der Waals surface area (Å²) in [6.45, 7) is -2.62. The topological polar surface area (TPSA) is 48.0 Å². The second-order valence-corrected chi connectivity index (χ2v) is 5.62. The molecule has 0 heterocycles. The second-order valence-electron chi connectivity index (χ2n) is 5.62. The summed E-state index contributed by atoms with van der Waals surface area (Å²) in [6, 6.07) is 11.6. The fourth-order valence-electron chi connectivity index (χ4n) is 2.43. The van der Waals surface area contributed by atoms with Gasteiger partial charge in [-0.25, -0.2) is 0 Å². The molecule has 2 aromatic carbocycles. The van der Waals surface area contributed by atoms with E-state index in [0.29, 0.717) is 23.6 Å². The lowest BCUT2D eigenvalue weighted by Crippen LogP contribution is -2.24. The number of methoxy groups -OCH3 is 2. The Labute approximate surface area is 156 Å². The summed E-state index contributed by atoms with van der Waals surface area (Å²) in [4.78, 5) is 13.8. The number of amides is 1. The molecular formula is C20H21F2NO4. The normalized spacial score (nSPS) is 10.9. The van der Waals surface area contributed by atoms with Gasteiger partial charge in [-0.05, 0) is 24.3 Å². The summed E-state index contributed by atoms with van der Waals surface area (Å²) < 4.78 is 39.8. The standard InChI is InChI=1S/C20H21F2NO4/c1-23(13-15-8-10-16(25-2)12-18(15)26-3)19(24)11-9-14-6-4-5-7-17(14)27-20(21)22/h4-12,20H,13H2,1-3H3/b11-9+. The van der Waals surface area contributed by atoms with Crippen molar-refractivity contribution >= 4 is 12.0 Å². The van der Waals surface area contributed by atoms with Crippen molar-refractivity contribution in [3.8, 4) is 17.2 Å². The Morgan fingerprint density at radius 1 is 1.11 bits per heavy atom. The third-order valence-corrected chi connectivity index (χ3v) is 3.82. The molecule has 0 saturated carbocycles. The molecule has 0 N–H and O–H groups in total. The lowest BCUT2D eigenvalue weighted by molar-refractivity contribution is -0.125. The summed E-state index contributed by atoms with van der Waals surface area (Å²) in [6.07, 6.45) is 2.76. The van der Waals surface area contributed by atoms with E-state index in [9.17, 15) is 13.6 Å². The van der Waals surface area contributed by atoms with E-state index in [-0.39, 0.29) is 11.7 Å². The van der Waals surface area contributed by atoms with Gasteiger partial charge in [-0.1, -0.05) is 18.2 Å². The highest BCUT2D eigenvalue weighted by Gasteiger charge is 2.12. The van der Waals surface area contributed by atoms with E-state index >= 15 is 0 Å². The predicted molar refractivity (Wildman–Crippen MR) is 98.1 cm³/mol. The molecule has 1 amide bonds. The Bertz CT molecular complexity index is 808. The smallest absolute Gasteiger partial charge is 0.387 e. The molecule has 0 aliphatic rings. The first-order chi connectivity index (χ1) is 12.9. The summed E-state index contributed by atoms with van der Waals surface area (Å²) >= 11 is 0. The van der Waals surface area contributed by atoms with E-state index < -0.39 is 6.61 Å². The third-order valence-electron chi connectivity index (χ3n) is 3.82. The molecule has 0 radical (unpaired) electrons. The van der Waals surface area contributed by atoms with Crippen LogP contribution < -0.4 is 14.2 Å². The number of ether oxygens (including phenoxy) is 3. The van der Waals surface area contributed by atoms with Crippen LogP contribution in [0.5, 0.6) is 17.2 Å². The summed E-state index contributed by atoms with van der Waals surface area (Å²) in [5.41, 5.74) is 1.20. The van der Waals surface area contributed by atoms with Crippen LogP contribution in [-0.2, 0) is 11.3 Å². The van der Waals surface area contributed by atoms with Crippen LogP contribution in [0.15, 0.2) is 48.5 Å². The van der Waals surface area contributed by atoms with Gasteiger partial charge in [0.2, 0.25) is 5.91 Å². The van der Waals surface area contributed by atoms with Gasteiger partial charge >= 0.3 is 6.61 Å². The molecule has 0 aliphatic carbocycles. The Morgan fingerprint density at radius 2 is 1.85 bits per heavy atom. The highest BCUT2D eigenvalue weighted by molar-refractivity contribution is 5.92. The zero-order valence-corrected chi connectivity index (χ0v) is 15.3. The van der Waals surface area contributed by atoms with Crippen molar-refractivity contribution in [2.45, 2.75) is 13.2 Å². The van der Waals surface area contributed by atoms with Gasteiger partial charge in [-0.15, -0.1) is 0 Å². The number of carbonyl (C=O) groups excluding carboxylic acids is 1. The SMILES string of the molecule is COc1ccc(CN(C)C(=O)/C=C/c2ccccc2OC(F)F)c(OC)c1. The van der Waals surface area contributed by atoms with Gasteiger partial charge in [0.1, 0.15) is 17.2 Å². The zero-order chi connectivity index (χ0) is 19.8. The number of hydrogen-bond donors (Lipinski definition) is 0. The minimum atomic E-state index is -2.93. The molecule has 2 aromatic rings. The Balaban J connectivity index is 2.09. The minimum Gasteiger partial charge on any atom is -0.497 e. The first-order valence-electron chi connectivity index (χ1n) is 8.12. The summed E-state index contributed by atoms with van der Waals surface area (Å²) in [7, 11) is 4.74. The number of nitrogens with zero attached hydrogens (tertiary/aromatic N) is 1. The van der Waals surface area contributed by atoms with Gasteiger partial charge in [-0.2, -0.15) is 8.78 Å². The van der Waals surface area contributed by atoms with Crippen LogP contribution in [0.3, 0.4) is 0 Å². The molecule has 0 aliphatic heterocycles. The average molecular weight is 377 g/mol. The van der Waals surface area contributed by atoms with Gasteiger partial charge in [0.15, 0.2) is 0 Å². The maximum absolute atomic E-state index is 12.5. The number of benzene rings is 2. The largest absolute Gasteiger partial charge is 0.497 e. The number of carbonyl (C=O) groups is 1. The van der Waals surface area contributed by atoms with Gasteiger partial charge in [0.05, 0.1) is 14.2 Å². The number of likely N-dealkylation sites (N-methyl/N-ethyl adjacent to an activating group) is 1. The van der Waals surface area contributed by atoms with Crippen LogP contribution >= 0.6 is 0 Å². The van der Waals surface area contributed by atoms with Gasteiger partial charge in [0, 0.05) is 36.9 Å². The average Bonchev–Trinajstić information content (AvgIpc) is 2.66. The molecule has 0 fully saturated rings. The summed E-state index contributed by atoms with van der Waals surface area (Å²) in [5, 5.41) is 0. The van der Waals surface area contributed by atoms with E-state index in [2.05, 4.69) is 4.74 Å². The molecule has 7 heteroatoms. The maximum atomic E-state index is 12.5. The van der Waals surface area contributed by atoms with E-state index in [1.807, 2.05) is 6.07 Å². The Hall–Kier alpha value is -3.09. The number of hydrogen-bond acceptors (Lipinski definition) is 4. The monoisotopic (exact) mass is 377 g/mol. The number of halogens is 2. The van der Waals surface area contributed by atoms with Crippen LogP contribution in [-0.4, -0.2) is 38.7 Å². The third kappa shape index (κ3) is 5.70. The van der Waals surface area contributed by atoms with Gasteiger partial charge in [-0.3, -0.25) is 4.79 Å². The van der Waals surface area contributed by atoms with Crippen LogP contribution in [0, 0.1) is 0 Å². The molecule has 0 spiro atoms. The second kappa shape index (κ2) is 9.56. The summed E-state index contributed by atoms with van der Waals surface area (Å²) in [5.74, 6) is 0.976. The number of para-hydroxylation sites is 1. The van der Waals surface area contributed by atoms with Crippen molar-refractivity contribution in [3.63, 3.8) is 0 Å². The Morgan fingerprint density at radius 3 is 2.52 bits per heavy atom. The van der Waals surface area contributed by atoms with Crippen LogP contribution in [0.4, 0.5) is 8.78 Å². The first-order valence-corrected chi connectivity index (χ1v) is 8.12. The molecule has 144 valence electrons. The van der Waals surface area contributed by atoms with Crippen LogP contribution in [0.1, 0.15) is 11.1 Å².